The highest BCUT2D eigenvalue weighted by atomic mass is 16.2. The van der Waals surface area contributed by atoms with Crippen LogP contribution >= 0.6 is 0 Å². The fraction of sp³-hybridized carbons (Fsp3) is 0.562. The Kier molecular flexibility index (Phi) is 4.59. The highest BCUT2D eigenvalue weighted by Crippen LogP contribution is 2.33. The quantitative estimate of drug-likeness (QED) is 0.902. The van der Waals surface area contributed by atoms with E-state index in [9.17, 15) is 4.79 Å². The molecule has 3 nitrogen and oxygen atoms in total. The number of fused-ring (bicyclic) bond motifs is 1. The monoisotopic (exact) mass is 260 g/mol. The third-order valence-corrected chi connectivity index (χ3v) is 3.71. The van der Waals surface area contributed by atoms with Gasteiger partial charge in [-0.05, 0) is 51.3 Å². The number of nitrogens with zero attached hydrogens (tertiary/aromatic N) is 1. The smallest absolute Gasteiger partial charge is 0.234 e. The van der Waals surface area contributed by atoms with Crippen LogP contribution < -0.4 is 5.32 Å². The molecule has 19 heavy (non-hydrogen) atoms. The number of nitrogens with one attached hydrogen (secondary N) is 1. The first-order valence-electron chi connectivity index (χ1n) is 7.15. The van der Waals surface area contributed by atoms with Gasteiger partial charge in [0.2, 0.25) is 5.91 Å². The molecule has 0 heterocycles. The topological polar surface area (TPSA) is 32.3 Å². The van der Waals surface area contributed by atoms with E-state index in [0.29, 0.717) is 12.6 Å². The lowest BCUT2D eigenvalue weighted by Crippen LogP contribution is -2.40. The number of carbonyl (C=O) groups excluding carboxylic acids is 1. The van der Waals surface area contributed by atoms with E-state index in [1.807, 2.05) is 20.9 Å². The van der Waals surface area contributed by atoms with Crippen molar-refractivity contribution in [1.82, 2.24) is 10.2 Å². The average Bonchev–Trinajstić information content (AvgIpc) is 2.36. The van der Waals surface area contributed by atoms with Crippen LogP contribution in [0.15, 0.2) is 24.3 Å². The molecule has 0 saturated carbocycles. The number of amides is 1. The van der Waals surface area contributed by atoms with Crippen LogP contribution in [0.4, 0.5) is 0 Å². The highest BCUT2D eigenvalue weighted by Gasteiger charge is 2.24. The van der Waals surface area contributed by atoms with Crippen LogP contribution in [0.2, 0.25) is 0 Å². The van der Waals surface area contributed by atoms with Gasteiger partial charge in [0.25, 0.3) is 0 Å². The fourth-order valence-electron chi connectivity index (χ4n) is 2.89. The van der Waals surface area contributed by atoms with Crippen LogP contribution in [-0.4, -0.2) is 30.4 Å². The summed E-state index contributed by atoms with van der Waals surface area (Å²) in [5, 5.41) is 2.96. The summed E-state index contributed by atoms with van der Waals surface area (Å²) >= 11 is 0. The molecule has 1 aromatic carbocycles. The van der Waals surface area contributed by atoms with Crippen LogP contribution in [0.5, 0.6) is 0 Å². The molecule has 3 heteroatoms. The van der Waals surface area contributed by atoms with Gasteiger partial charge >= 0.3 is 0 Å². The van der Waals surface area contributed by atoms with Gasteiger partial charge < -0.3 is 5.32 Å². The third-order valence-electron chi connectivity index (χ3n) is 3.71. The van der Waals surface area contributed by atoms with Crippen LogP contribution in [0.3, 0.4) is 0 Å². The van der Waals surface area contributed by atoms with E-state index in [2.05, 4.69) is 34.5 Å². The summed E-state index contributed by atoms with van der Waals surface area (Å²) < 4.78 is 0. The Hall–Kier alpha value is -1.35. The molecule has 1 aliphatic rings. The molecule has 1 aromatic rings. The minimum Gasteiger partial charge on any atom is -0.353 e. The summed E-state index contributed by atoms with van der Waals surface area (Å²) in [6.07, 6.45) is 3.51. The predicted molar refractivity (Wildman–Crippen MR) is 78.0 cm³/mol. The van der Waals surface area contributed by atoms with E-state index in [1.165, 1.54) is 24.0 Å². The second kappa shape index (κ2) is 6.20. The predicted octanol–water partition coefficient (Wildman–Crippen LogP) is 2.52. The van der Waals surface area contributed by atoms with Crippen molar-refractivity contribution in [3.05, 3.63) is 35.4 Å². The van der Waals surface area contributed by atoms with Crippen LogP contribution in [0.25, 0.3) is 0 Å². The zero-order chi connectivity index (χ0) is 13.8. The van der Waals surface area contributed by atoms with Gasteiger partial charge in [-0.1, -0.05) is 24.3 Å². The molecule has 1 atom stereocenters. The van der Waals surface area contributed by atoms with Crippen LogP contribution in [-0.2, 0) is 11.2 Å². The van der Waals surface area contributed by atoms with E-state index in [1.54, 1.807) is 0 Å². The van der Waals surface area contributed by atoms with Gasteiger partial charge in [-0.25, -0.2) is 0 Å². The van der Waals surface area contributed by atoms with E-state index in [-0.39, 0.29) is 11.9 Å². The Labute approximate surface area is 116 Å². The largest absolute Gasteiger partial charge is 0.353 e. The van der Waals surface area contributed by atoms with Crippen molar-refractivity contribution in [3.8, 4) is 0 Å². The number of hydrogen-bond donors (Lipinski definition) is 1. The zero-order valence-electron chi connectivity index (χ0n) is 12.1. The zero-order valence-corrected chi connectivity index (χ0v) is 12.1. The van der Waals surface area contributed by atoms with Crippen molar-refractivity contribution in [2.45, 2.75) is 45.2 Å². The number of benzene rings is 1. The molecule has 1 aliphatic carbocycles. The second-order valence-corrected chi connectivity index (χ2v) is 5.74. The number of hydrogen-bond acceptors (Lipinski definition) is 2. The first kappa shape index (κ1) is 14.1. The molecule has 0 spiro atoms. The van der Waals surface area contributed by atoms with Gasteiger partial charge in [-0.3, -0.25) is 9.69 Å². The van der Waals surface area contributed by atoms with Crippen LogP contribution in [0, 0.1) is 0 Å². The minimum atomic E-state index is 0.112. The first-order valence-corrected chi connectivity index (χ1v) is 7.15. The Bertz CT molecular complexity index is 442. The maximum Gasteiger partial charge on any atom is 0.234 e. The van der Waals surface area contributed by atoms with Crippen molar-refractivity contribution in [2.75, 3.05) is 13.6 Å². The molecular weight excluding hydrogens is 236 g/mol. The van der Waals surface area contributed by atoms with Crippen molar-refractivity contribution < 1.29 is 4.79 Å². The number of rotatable bonds is 4. The normalized spacial score (nSPS) is 18.5. The minimum absolute atomic E-state index is 0.112. The molecule has 1 unspecified atom stereocenters. The summed E-state index contributed by atoms with van der Waals surface area (Å²) in [5.74, 6) is 0.112. The fourth-order valence-corrected chi connectivity index (χ4v) is 2.89. The van der Waals surface area contributed by atoms with Gasteiger partial charge in [-0.15, -0.1) is 0 Å². The van der Waals surface area contributed by atoms with Crippen molar-refractivity contribution in [2.24, 2.45) is 0 Å². The van der Waals surface area contributed by atoms with E-state index in [0.717, 1.165) is 6.42 Å². The molecule has 104 valence electrons. The molecule has 0 fully saturated rings. The highest BCUT2D eigenvalue weighted by molar-refractivity contribution is 5.78. The summed E-state index contributed by atoms with van der Waals surface area (Å²) in [4.78, 5) is 14.0. The first-order chi connectivity index (χ1) is 9.08. The second-order valence-electron chi connectivity index (χ2n) is 5.74. The van der Waals surface area contributed by atoms with Crippen LogP contribution in [0.1, 0.15) is 43.9 Å². The number of likely N-dealkylation sites (N-methyl/N-ethyl adjacent to an activating group) is 1. The Morgan fingerprint density at radius 2 is 2.16 bits per heavy atom. The van der Waals surface area contributed by atoms with Crippen molar-refractivity contribution in [3.63, 3.8) is 0 Å². The molecule has 0 radical (unpaired) electrons. The Morgan fingerprint density at radius 3 is 2.89 bits per heavy atom. The Morgan fingerprint density at radius 1 is 1.42 bits per heavy atom. The van der Waals surface area contributed by atoms with Crippen molar-refractivity contribution in [1.29, 1.82) is 0 Å². The summed E-state index contributed by atoms with van der Waals surface area (Å²) in [6, 6.07) is 9.20. The van der Waals surface area contributed by atoms with Gasteiger partial charge in [-0.2, -0.15) is 0 Å². The standard InChI is InChI=1S/C16H24N2O/c1-12(2)17-16(19)11-18(3)15-10-6-8-13-7-4-5-9-14(13)15/h4-5,7,9,12,15H,6,8,10-11H2,1-3H3,(H,17,19). The molecule has 2 rings (SSSR count). The maximum absolute atomic E-state index is 11.9. The summed E-state index contributed by atoms with van der Waals surface area (Å²) in [7, 11) is 2.05. The van der Waals surface area contributed by atoms with Crippen molar-refractivity contribution >= 4 is 5.91 Å². The molecular formula is C16H24N2O. The number of aryl methyl sites for hydroxylation is 1. The maximum atomic E-state index is 11.9. The molecule has 1 amide bonds. The van der Waals surface area contributed by atoms with E-state index in [4.69, 9.17) is 0 Å². The number of carbonyl (C=O) groups is 1. The van der Waals surface area contributed by atoms with Gasteiger partial charge in [0.15, 0.2) is 0 Å². The van der Waals surface area contributed by atoms with E-state index >= 15 is 0 Å². The lowest BCUT2D eigenvalue weighted by atomic mass is 9.87. The SMILES string of the molecule is CC(C)NC(=O)CN(C)C1CCCc2ccccc21. The van der Waals surface area contributed by atoms with E-state index < -0.39 is 0 Å². The lowest BCUT2D eigenvalue weighted by molar-refractivity contribution is -0.123. The van der Waals surface area contributed by atoms with Gasteiger partial charge in [0.1, 0.15) is 0 Å². The molecule has 1 N–H and O–H groups in total. The lowest BCUT2D eigenvalue weighted by Gasteiger charge is -2.33. The third kappa shape index (κ3) is 3.57. The molecule has 0 aliphatic heterocycles. The average molecular weight is 260 g/mol. The van der Waals surface area contributed by atoms with Gasteiger partial charge in [0.05, 0.1) is 6.54 Å². The molecule has 0 bridgehead atoms. The molecule has 0 aromatic heterocycles. The van der Waals surface area contributed by atoms with Gasteiger partial charge in [0, 0.05) is 12.1 Å². The summed E-state index contributed by atoms with van der Waals surface area (Å²) in [5.41, 5.74) is 2.84. The molecule has 0 saturated heterocycles. The summed E-state index contributed by atoms with van der Waals surface area (Å²) in [6.45, 7) is 4.46. The Balaban J connectivity index is 2.04.